The lowest BCUT2D eigenvalue weighted by Crippen LogP contribution is -2.56. The maximum Gasteiger partial charge on any atom is 0.191 e. The number of nitrogens with zero attached hydrogens (tertiary/aromatic N) is 2. The standard InChI is InChI=1S/C17H26BrClN4O.HI/c1-17(2,23-6-8-24-9-7-23)12-22-16(20-3)21-11-13-4-5-14(18)10-15(13)19;/h4-5,10H,6-9,11-12H2,1-3H3,(H2,20,21,22);1H. The number of ether oxygens (including phenoxy) is 1. The highest BCUT2D eigenvalue weighted by Crippen LogP contribution is 2.21. The first-order valence-electron chi connectivity index (χ1n) is 8.13. The molecule has 8 heteroatoms. The van der Waals surface area contributed by atoms with Gasteiger partial charge in [0.2, 0.25) is 0 Å². The van der Waals surface area contributed by atoms with Crippen molar-refractivity contribution in [1.29, 1.82) is 0 Å². The van der Waals surface area contributed by atoms with Crippen LogP contribution in [0.15, 0.2) is 27.7 Å². The zero-order valence-electron chi connectivity index (χ0n) is 14.9. The Kier molecular flexibility index (Phi) is 10.0. The molecule has 1 aliphatic heterocycles. The molecule has 25 heavy (non-hydrogen) atoms. The molecule has 1 aromatic rings. The Balaban J connectivity index is 0.00000312. The van der Waals surface area contributed by atoms with Crippen LogP contribution in [0.3, 0.4) is 0 Å². The monoisotopic (exact) mass is 544 g/mol. The van der Waals surface area contributed by atoms with Crippen LogP contribution in [-0.2, 0) is 11.3 Å². The maximum atomic E-state index is 6.26. The van der Waals surface area contributed by atoms with Crippen molar-refractivity contribution in [2.75, 3.05) is 39.9 Å². The van der Waals surface area contributed by atoms with Crippen molar-refractivity contribution in [1.82, 2.24) is 15.5 Å². The van der Waals surface area contributed by atoms with Gasteiger partial charge in [-0.2, -0.15) is 0 Å². The van der Waals surface area contributed by atoms with Gasteiger partial charge in [0.25, 0.3) is 0 Å². The van der Waals surface area contributed by atoms with E-state index in [2.05, 4.69) is 50.3 Å². The lowest BCUT2D eigenvalue weighted by Gasteiger charge is -2.41. The van der Waals surface area contributed by atoms with Gasteiger partial charge in [-0.25, -0.2) is 0 Å². The molecule has 1 saturated heterocycles. The lowest BCUT2D eigenvalue weighted by molar-refractivity contribution is -0.00834. The number of guanidine groups is 1. The summed E-state index contributed by atoms with van der Waals surface area (Å²) in [6.07, 6.45) is 0. The fourth-order valence-corrected chi connectivity index (χ4v) is 3.39. The fraction of sp³-hybridized carbons (Fsp3) is 0.588. The van der Waals surface area contributed by atoms with Gasteiger partial charge in [-0.3, -0.25) is 9.89 Å². The van der Waals surface area contributed by atoms with Gasteiger partial charge in [-0.05, 0) is 31.5 Å². The summed E-state index contributed by atoms with van der Waals surface area (Å²) in [5.41, 5.74) is 1.08. The van der Waals surface area contributed by atoms with Gasteiger partial charge >= 0.3 is 0 Å². The highest BCUT2D eigenvalue weighted by molar-refractivity contribution is 14.0. The van der Waals surface area contributed by atoms with E-state index in [0.717, 1.165) is 53.9 Å². The van der Waals surface area contributed by atoms with Crippen LogP contribution < -0.4 is 10.6 Å². The van der Waals surface area contributed by atoms with Crippen molar-refractivity contribution in [3.05, 3.63) is 33.3 Å². The van der Waals surface area contributed by atoms with Crippen LogP contribution in [0.5, 0.6) is 0 Å². The number of aliphatic imine (C=N–C) groups is 1. The van der Waals surface area contributed by atoms with E-state index in [0.29, 0.717) is 6.54 Å². The average molecular weight is 546 g/mol. The normalized spacial score (nSPS) is 16.3. The summed E-state index contributed by atoms with van der Waals surface area (Å²) in [4.78, 5) is 6.74. The molecule has 0 atom stereocenters. The Morgan fingerprint density at radius 2 is 2.00 bits per heavy atom. The Morgan fingerprint density at radius 3 is 2.60 bits per heavy atom. The molecule has 0 radical (unpaired) electrons. The zero-order chi connectivity index (χ0) is 17.6. The van der Waals surface area contributed by atoms with Crippen LogP contribution >= 0.6 is 51.5 Å². The first-order valence-corrected chi connectivity index (χ1v) is 9.31. The quantitative estimate of drug-likeness (QED) is 0.338. The Labute approximate surface area is 181 Å². The van der Waals surface area contributed by atoms with Crippen LogP contribution in [0.1, 0.15) is 19.4 Å². The number of rotatable bonds is 5. The molecule has 1 aromatic carbocycles. The Bertz CT molecular complexity index is 580. The summed E-state index contributed by atoms with van der Waals surface area (Å²) >= 11 is 9.68. The topological polar surface area (TPSA) is 48.9 Å². The van der Waals surface area contributed by atoms with E-state index in [9.17, 15) is 0 Å². The minimum atomic E-state index is 0. The third-order valence-corrected chi connectivity index (χ3v) is 5.09. The molecule has 142 valence electrons. The maximum absolute atomic E-state index is 6.26. The summed E-state index contributed by atoms with van der Waals surface area (Å²) in [7, 11) is 1.78. The second kappa shape index (κ2) is 10.9. The molecule has 5 nitrogen and oxygen atoms in total. The van der Waals surface area contributed by atoms with E-state index < -0.39 is 0 Å². The zero-order valence-corrected chi connectivity index (χ0v) is 19.6. The smallest absolute Gasteiger partial charge is 0.191 e. The molecule has 2 rings (SSSR count). The third-order valence-electron chi connectivity index (χ3n) is 4.24. The van der Waals surface area contributed by atoms with Crippen molar-refractivity contribution in [3.63, 3.8) is 0 Å². The number of morpholine rings is 1. The second-order valence-corrected chi connectivity index (χ2v) is 7.75. The van der Waals surface area contributed by atoms with E-state index in [1.165, 1.54) is 0 Å². The summed E-state index contributed by atoms with van der Waals surface area (Å²) in [6.45, 7) is 9.46. The molecule has 0 amide bonds. The molecule has 2 N–H and O–H groups in total. The van der Waals surface area contributed by atoms with E-state index in [1.54, 1.807) is 7.05 Å². The summed E-state index contributed by atoms with van der Waals surface area (Å²) in [5, 5.41) is 7.47. The van der Waals surface area contributed by atoms with Crippen LogP contribution in [0.25, 0.3) is 0 Å². The van der Waals surface area contributed by atoms with Gasteiger partial charge in [0.15, 0.2) is 5.96 Å². The molecule has 0 aliphatic carbocycles. The molecule has 1 heterocycles. The summed E-state index contributed by atoms with van der Waals surface area (Å²) in [6, 6.07) is 5.89. The van der Waals surface area contributed by atoms with Crippen LogP contribution in [0.4, 0.5) is 0 Å². The van der Waals surface area contributed by atoms with E-state index in [1.807, 2.05) is 18.2 Å². The highest BCUT2D eigenvalue weighted by Gasteiger charge is 2.28. The van der Waals surface area contributed by atoms with Crippen LogP contribution in [-0.4, -0.2) is 56.3 Å². The molecular formula is C17H27BrClIN4O. The number of hydrogen-bond acceptors (Lipinski definition) is 3. The molecule has 1 fully saturated rings. The lowest BCUT2D eigenvalue weighted by atomic mass is 10.0. The highest BCUT2D eigenvalue weighted by atomic mass is 127. The number of hydrogen-bond donors (Lipinski definition) is 2. The van der Waals surface area contributed by atoms with Crippen LogP contribution in [0.2, 0.25) is 5.02 Å². The first kappa shape index (κ1) is 23.0. The third kappa shape index (κ3) is 7.21. The molecule has 0 spiro atoms. The van der Waals surface area contributed by atoms with Gasteiger partial charge in [-0.1, -0.05) is 33.6 Å². The minimum Gasteiger partial charge on any atom is -0.379 e. The Hall–Kier alpha value is -0.0900. The largest absolute Gasteiger partial charge is 0.379 e. The number of benzene rings is 1. The van der Waals surface area contributed by atoms with Crippen molar-refractivity contribution in [2.24, 2.45) is 4.99 Å². The van der Waals surface area contributed by atoms with E-state index in [-0.39, 0.29) is 29.5 Å². The molecular weight excluding hydrogens is 518 g/mol. The molecule has 1 aliphatic rings. The Morgan fingerprint density at radius 1 is 1.32 bits per heavy atom. The average Bonchev–Trinajstić information content (AvgIpc) is 2.57. The SMILES string of the molecule is CN=C(NCc1ccc(Br)cc1Cl)NCC(C)(C)N1CCOCC1.I. The van der Waals surface area contributed by atoms with Gasteiger partial charge < -0.3 is 15.4 Å². The fourth-order valence-electron chi connectivity index (χ4n) is 2.65. The molecule has 0 unspecified atom stereocenters. The second-order valence-electron chi connectivity index (χ2n) is 6.43. The van der Waals surface area contributed by atoms with E-state index in [4.69, 9.17) is 16.3 Å². The van der Waals surface area contributed by atoms with Gasteiger partial charge in [0.1, 0.15) is 0 Å². The molecule has 0 saturated carbocycles. The first-order chi connectivity index (χ1) is 11.4. The number of nitrogens with one attached hydrogen (secondary N) is 2. The van der Waals surface area contributed by atoms with Crippen molar-refractivity contribution in [2.45, 2.75) is 25.9 Å². The van der Waals surface area contributed by atoms with Crippen molar-refractivity contribution >= 4 is 57.5 Å². The van der Waals surface area contributed by atoms with Gasteiger partial charge in [0.05, 0.1) is 13.2 Å². The predicted molar refractivity (Wildman–Crippen MR) is 119 cm³/mol. The molecule has 0 aromatic heterocycles. The van der Waals surface area contributed by atoms with Crippen molar-refractivity contribution < 1.29 is 4.74 Å². The van der Waals surface area contributed by atoms with Gasteiger partial charge in [0, 0.05) is 48.3 Å². The van der Waals surface area contributed by atoms with Gasteiger partial charge in [-0.15, -0.1) is 24.0 Å². The predicted octanol–water partition coefficient (Wildman–Crippen LogP) is 3.50. The summed E-state index contributed by atoms with van der Waals surface area (Å²) in [5.74, 6) is 0.773. The molecule has 0 bridgehead atoms. The van der Waals surface area contributed by atoms with Crippen molar-refractivity contribution in [3.8, 4) is 0 Å². The minimum absolute atomic E-state index is 0. The van der Waals surface area contributed by atoms with E-state index >= 15 is 0 Å². The summed E-state index contributed by atoms with van der Waals surface area (Å²) < 4.78 is 6.41. The number of halogens is 3. The van der Waals surface area contributed by atoms with Crippen LogP contribution in [0, 0.1) is 0 Å².